The van der Waals surface area contributed by atoms with E-state index >= 15 is 0 Å². The average molecular weight is 461 g/mol. The maximum absolute atomic E-state index is 11.7. The molecule has 0 bridgehead atoms. The molecule has 0 amide bonds. The van der Waals surface area contributed by atoms with E-state index in [4.69, 9.17) is 4.74 Å². The minimum atomic E-state index is -0.844. The molecule has 12 unspecified atom stereocenters. The molecule has 0 aromatic carbocycles. The van der Waals surface area contributed by atoms with Crippen LogP contribution in [0.1, 0.15) is 106 Å². The number of hydrogen-bond donors (Lipinski definition) is 3. The predicted molar refractivity (Wildman–Crippen MR) is 128 cm³/mol. The summed E-state index contributed by atoms with van der Waals surface area (Å²) in [5, 5.41) is 32.9. The van der Waals surface area contributed by atoms with Gasteiger partial charge in [-0.25, -0.2) is 0 Å². The summed E-state index contributed by atoms with van der Waals surface area (Å²) in [5.74, 6) is 1.93. The van der Waals surface area contributed by atoms with E-state index in [-0.39, 0.29) is 40.7 Å². The predicted octanol–water partition coefficient (Wildman–Crippen LogP) is 5.08. The number of hydrogen-bond acceptors (Lipinski definition) is 4. The van der Waals surface area contributed by atoms with Gasteiger partial charge in [-0.1, -0.05) is 20.8 Å². The van der Waals surface area contributed by atoms with E-state index in [1.54, 1.807) is 0 Å². The van der Waals surface area contributed by atoms with Crippen LogP contribution in [0, 0.1) is 45.3 Å². The molecule has 4 nitrogen and oxygen atoms in total. The topological polar surface area (TPSA) is 69.9 Å². The van der Waals surface area contributed by atoms with Gasteiger partial charge in [0.05, 0.1) is 29.5 Å². The largest absolute Gasteiger partial charge is 0.393 e. The van der Waals surface area contributed by atoms with Crippen LogP contribution < -0.4 is 0 Å². The van der Waals surface area contributed by atoms with Crippen molar-refractivity contribution in [3.8, 4) is 0 Å². The summed E-state index contributed by atoms with van der Waals surface area (Å²) >= 11 is 0. The third kappa shape index (κ3) is 2.63. The van der Waals surface area contributed by atoms with Crippen molar-refractivity contribution in [1.82, 2.24) is 0 Å². The standard InChI is InChI=1S/C29H48O4/c1-17-18-7-8-21-26(5)15-20(31)23(27(6)11-10-22(33-27)24(2,3)32)25(26,4)13-14-29(21)16-28(18,29)12-9-19(17)30/h17-23,30-32H,7-16H2,1-6H3. The highest BCUT2D eigenvalue weighted by Gasteiger charge is 2.82. The highest BCUT2D eigenvalue weighted by atomic mass is 16.5. The third-order valence-corrected chi connectivity index (χ3v) is 13.4. The van der Waals surface area contributed by atoms with Crippen LogP contribution in [0.15, 0.2) is 0 Å². The van der Waals surface area contributed by atoms with Crippen LogP contribution in [0.2, 0.25) is 0 Å². The fourth-order valence-corrected chi connectivity index (χ4v) is 11.8. The van der Waals surface area contributed by atoms with Crippen molar-refractivity contribution in [2.24, 2.45) is 45.3 Å². The Labute approximate surface area is 200 Å². The Hall–Kier alpha value is -0.160. The number of aliphatic hydroxyl groups is 3. The Morgan fingerprint density at radius 2 is 1.55 bits per heavy atom. The zero-order valence-corrected chi connectivity index (χ0v) is 21.9. The smallest absolute Gasteiger partial charge is 0.0865 e. The molecule has 0 radical (unpaired) electrons. The second-order valence-corrected chi connectivity index (χ2v) is 14.9. The number of ether oxygens (including phenoxy) is 1. The van der Waals surface area contributed by atoms with Gasteiger partial charge in [-0.15, -0.1) is 0 Å². The molecule has 33 heavy (non-hydrogen) atoms. The van der Waals surface area contributed by atoms with E-state index in [2.05, 4.69) is 27.7 Å². The molecule has 5 aliphatic carbocycles. The Morgan fingerprint density at radius 1 is 0.818 bits per heavy atom. The SMILES string of the molecule is CC1C(O)CCC23CC24CCC2(C)C(C5(C)CCC(C(C)(C)O)O5)C(O)CC2(C)C4CCC13. The average Bonchev–Trinajstić information content (AvgIpc) is 3.11. The highest BCUT2D eigenvalue weighted by molar-refractivity contribution is 5.31. The van der Waals surface area contributed by atoms with Crippen molar-refractivity contribution in [1.29, 1.82) is 0 Å². The van der Waals surface area contributed by atoms with E-state index < -0.39 is 5.60 Å². The molecule has 0 aromatic heterocycles. The molecule has 0 aromatic rings. The molecule has 1 aliphatic heterocycles. The molecule has 6 fully saturated rings. The first-order valence-corrected chi connectivity index (χ1v) is 14.0. The fraction of sp³-hybridized carbons (Fsp3) is 1.00. The molecule has 12 atom stereocenters. The summed E-state index contributed by atoms with van der Waals surface area (Å²) in [5.41, 5.74) is -0.127. The lowest BCUT2D eigenvalue weighted by molar-refractivity contribution is -0.191. The van der Waals surface area contributed by atoms with Gasteiger partial charge in [-0.05, 0) is 124 Å². The summed E-state index contributed by atoms with van der Waals surface area (Å²) in [4.78, 5) is 0. The second kappa shape index (κ2) is 6.58. The van der Waals surface area contributed by atoms with Crippen molar-refractivity contribution < 1.29 is 20.1 Å². The van der Waals surface area contributed by atoms with Crippen molar-refractivity contribution in [3.63, 3.8) is 0 Å². The van der Waals surface area contributed by atoms with Gasteiger partial charge in [0.2, 0.25) is 0 Å². The molecule has 2 spiro atoms. The van der Waals surface area contributed by atoms with E-state index in [1.165, 1.54) is 38.5 Å². The Morgan fingerprint density at radius 3 is 2.21 bits per heavy atom. The summed E-state index contributed by atoms with van der Waals surface area (Å²) < 4.78 is 6.67. The van der Waals surface area contributed by atoms with Crippen LogP contribution in [-0.2, 0) is 4.74 Å². The summed E-state index contributed by atoms with van der Waals surface area (Å²) in [6, 6.07) is 0. The van der Waals surface area contributed by atoms with E-state index in [0.717, 1.165) is 25.7 Å². The first-order valence-electron chi connectivity index (χ1n) is 14.0. The number of aliphatic hydroxyl groups excluding tert-OH is 2. The van der Waals surface area contributed by atoms with Crippen molar-refractivity contribution in [2.45, 2.75) is 135 Å². The molecule has 6 aliphatic rings. The summed E-state index contributed by atoms with van der Waals surface area (Å²) in [6.07, 6.45) is 10.6. The van der Waals surface area contributed by atoms with Gasteiger partial charge >= 0.3 is 0 Å². The van der Waals surface area contributed by atoms with Crippen molar-refractivity contribution in [2.75, 3.05) is 0 Å². The minimum absolute atomic E-state index is 0.0575. The van der Waals surface area contributed by atoms with Gasteiger partial charge in [0.25, 0.3) is 0 Å². The lowest BCUT2D eigenvalue weighted by atomic mass is 9.42. The molecular formula is C29H48O4. The summed E-state index contributed by atoms with van der Waals surface area (Å²) in [6.45, 7) is 13.3. The van der Waals surface area contributed by atoms with Crippen LogP contribution in [-0.4, -0.2) is 44.8 Å². The monoisotopic (exact) mass is 460 g/mol. The fourth-order valence-electron chi connectivity index (χ4n) is 11.8. The highest BCUT2D eigenvalue weighted by Crippen LogP contribution is 2.88. The first kappa shape index (κ1) is 23.3. The quantitative estimate of drug-likeness (QED) is 0.538. The van der Waals surface area contributed by atoms with Gasteiger partial charge in [0, 0.05) is 5.92 Å². The minimum Gasteiger partial charge on any atom is -0.393 e. The van der Waals surface area contributed by atoms with Gasteiger partial charge in [-0.3, -0.25) is 0 Å². The molecule has 6 rings (SSSR count). The third-order valence-electron chi connectivity index (χ3n) is 13.4. The molecule has 5 saturated carbocycles. The van der Waals surface area contributed by atoms with Crippen LogP contribution in [0.25, 0.3) is 0 Å². The Balaban J connectivity index is 1.34. The maximum Gasteiger partial charge on any atom is 0.0865 e. The van der Waals surface area contributed by atoms with Gasteiger partial charge in [-0.2, -0.15) is 0 Å². The molecule has 3 N–H and O–H groups in total. The molecular weight excluding hydrogens is 412 g/mol. The zero-order valence-electron chi connectivity index (χ0n) is 21.9. The molecule has 1 heterocycles. The number of fused-ring (bicyclic) bond motifs is 2. The van der Waals surface area contributed by atoms with Crippen LogP contribution in [0.4, 0.5) is 0 Å². The Kier molecular flexibility index (Phi) is 4.64. The maximum atomic E-state index is 11.7. The zero-order chi connectivity index (χ0) is 23.8. The Bertz CT molecular complexity index is 836. The van der Waals surface area contributed by atoms with Crippen molar-refractivity contribution >= 4 is 0 Å². The second-order valence-electron chi connectivity index (χ2n) is 14.9. The number of rotatable bonds is 2. The molecule has 188 valence electrons. The van der Waals surface area contributed by atoms with E-state index in [1.807, 2.05) is 13.8 Å². The van der Waals surface area contributed by atoms with Gasteiger partial charge < -0.3 is 20.1 Å². The lowest BCUT2D eigenvalue weighted by Crippen LogP contribution is -2.58. The van der Waals surface area contributed by atoms with Crippen LogP contribution in [0.3, 0.4) is 0 Å². The van der Waals surface area contributed by atoms with Gasteiger partial charge in [0.15, 0.2) is 0 Å². The summed E-state index contributed by atoms with van der Waals surface area (Å²) in [7, 11) is 0. The van der Waals surface area contributed by atoms with E-state index in [0.29, 0.717) is 28.6 Å². The molecule has 4 heteroatoms. The lowest BCUT2D eigenvalue weighted by Gasteiger charge is -2.62. The first-order chi connectivity index (χ1) is 15.2. The van der Waals surface area contributed by atoms with Crippen LogP contribution in [0.5, 0.6) is 0 Å². The molecule has 1 saturated heterocycles. The van der Waals surface area contributed by atoms with Gasteiger partial charge in [0.1, 0.15) is 0 Å². The van der Waals surface area contributed by atoms with E-state index in [9.17, 15) is 15.3 Å². The van der Waals surface area contributed by atoms with Crippen LogP contribution >= 0.6 is 0 Å². The van der Waals surface area contributed by atoms with Crippen molar-refractivity contribution in [3.05, 3.63) is 0 Å². The normalized spacial score (nSPS) is 62.3.